The maximum absolute atomic E-state index is 5.76. The zero-order valence-corrected chi connectivity index (χ0v) is 24.8. The molecule has 3 aromatic carbocycles. The molecule has 0 N–H and O–H groups in total. The van der Waals surface area contributed by atoms with Gasteiger partial charge in [0.05, 0.1) is 11.4 Å². The molecule has 0 saturated heterocycles. The summed E-state index contributed by atoms with van der Waals surface area (Å²) in [6.45, 7) is 10.2. The quantitative estimate of drug-likeness (QED) is 0.0742. The molecule has 3 rings (SSSR count). The topological polar surface area (TPSA) is 21.7 Å². The van der Waals surface area contributed by atoms with Gasteiger partial charge >= 0.3 is 0 Å². The SMILES string of the molecule is CC(C)N(COPOCCCCCCSC(c1ccccc1)(c1ccccc1)c1ccccc1)C(C)C. The Morgan fingerprint density at radius 2 is 1.11 bits per heavy atom. The lowest BCUT2D eigenvalue weighted by Crippen LogP contribution is -2.37. The normalized spacial score (nSPS) is 12.4. The van der Waals surface area contributed by atoms with Crippen LogP contribution in [0.25, 0.3) is 0 Å². The summed E-state index contributed by atoms with van der Waals surface area (Å²) in [6, 6.07) is 33.8. The van der Waals surface area contributed by atoms with Crippen molar-refractivity contribution < 1.29 is 9.05 Å². The highest BCUT2D eigenvalue weighted by atomic mass is 32.2. The van der Waals surface area contributed by atoms with E-state index in [-0.39, 0.29) is 13.8 Å². The average molecular weight is 538 g/mol. The largest absolute Gasteiger partial charge is 0.336 e. The van der Waals surface area contributed by atoms with Crippen LogP contribution in [0, 0.1) is 0 Å². The summed E-state index contributed by atoms with van der Waals surface area (Å²) in [5.74, 6) is 1.10. The molecule has 0 aliphatic carbocycles. The third kappa shape index (κ3) is 8.94. The van der Waals surface area contributed by atoms with Crippen molar-refractivity contribution in [2.45, 2.75) is 70.2 Å². The van der Waals surface area contributed by atoms with Crippen molar-refractivity contribution in [3.63, 3.8) is 0 Å². The molecule has 0 amide bonds. The Bertz CT molecular complexity index is 881. The molecule has 3 aromatic rings. The van der Waals surface area contributed by atoms with Crippen LogP contribution < -0.4 is 0 Å². The van der Waals surface area contributed by atoms with Crippen LogP contribution >= 0.6 is 20.8 Å². The van der Waals surface area contributed by atoms with Crippen LogP contribution in [0.2, 0.25) is 0 Å². The molecule has 0 aliphatic heterocycles. The summed E-state index contributed by atoms with van der Waals surface area (Å²) in [5.41, 5.74) is 4.00. The summed E-state index contributed by atoms with van der Waals surface area (Å²) in [5, 5.41) is 0. The Labute approximate surface area is 231 Å². The van der Waals surface area contributed by atoms with Gasteiger partial charge in [0.15, 0.2) is 9.03 Å². The Hall–Kier alpha value is -1.68. The van der Waals surface area contributed by atoms with Crippen molar-refractivity contribution in [2.75, 3.05) is 19.1 Å². The zero-order valence-electron chi connectivity index (χ0n) is 22.9. The predicted octanol–water partition coefficient (Wildman–Crippen LogP) is 8.89. The molecule has 0 bridgehead atoms. The van der Waals surface area contributed by atoms with Gasteiger partial charge in [-0.2, -0.15) is 0 Å². The third-order valence-corrected chi connectivity index (χ3v) is 8.86. The fraction of sp³-hybridized carbons (Fsp3) is 0.438. The number of benzene rings is 3. The minimum absolute atomic E-state index is 0.121. The van der Waals surface area contributed by atoms with Crippen LogP contribution in [0.4, 0.5) is 0 Å². The number of rotatable bonds is 17. The lowest BCUT2D eigenvalue weighted by atomic mass is 9.84. The Morgan fingerprint density at radius 1 is 0.649 bits per heavy atom. The zero-order chi connectivity index (χ0) is 26.3. The Morgan fingerprint density at radius 3 is 1.57 bits per heavy atom. The maximum Gasteiger partial charge on any atom is 0.156 e. The van der Waals surface area contributed by atoms with E-state index < -0.39 is 0 Å². The molecule has 3 nitrogen and oxygen atoms in total. The molecule has 0 heterocycles. The molecule has 0 spiro atoms. The van der Waals surface area contributed by atoms with Crippen LogP contribution in [0.5, 0.6) is 0 Å². The van der Waals surface area contributed by atoms with Crippen molar-refractivity contribution in [2.24, 2.45) is 0 Å². The second-order valence-electron chi connectivity index (χ2n) is 9.95. The van der Waals surface area contributed by atoms with Gasteiger partial charge in [-0.3, -0.25) is 4.90 Å². The number of hydrogen-bond donors (Lipinski definition) is 0. The van der Waals surface area contributed by atoms with Crippen molar-refractivity contribution in [1.82, 2.24) is 4.90 Å². The minimum Gasteiger partial charge on any atom is -0.336 e. The molecule has 0 aromatic heterocycles. The average Bonchev–Trinajstić information content (AvgIpc) is 2.92. The number of nitrogens with zero attached hydrogens (tertiary/aromatic N) is 1. The van der Waals surface area contributed by atoms with E-state index in [1.165, 1.54) is 36.0 Å². The van der Waals surface area contributed by atoms with Gasteiger partial charge in [0.1, 0.15) is 6.73 Å². The lowest BCUT2D eigenvalue weighted by molar-refractivity contribution is 0.0699. The highest BCUT2D eigenvalue weighted by Gasteiger charge is 2.36. The fourth-order valence-electron chi connectivity index (χ4n) is 4.70. The first-order valence-electron chi connectivity index (χ1n) is 13.6. The van der Waals surface area contributed by atoms with Crippen molar-refractivity contribution in [3.05, 3.63) is 108 Å². The molecule has 0 aliphatic rings. The van der Waals surface area contributed by atoms with E-state index in [2.05, 4.69) is 135 Å². The van der Waals surface area contributed by atoms with E-state index >= 15 is 0 Å². The summed E-state index contributed by atoms with van der Waals surface area (Å²) in [4.78, 5) is 2.33. The minimum atomic E-state index is -0.217. The summed E-state index contributed by atoms with van der Waals surface area (Å²) in [6.07, 6.45) is 4.67. The van der Waals surface area contributed by atoms with E-state index in [0.717, 1.165) is 18.8 Å². The van der Waals surface area contributed by atoms with Gasteiger partial charge < -0.3 is 9.05 Å². The highest BCUT2D eigenvalue weighted by molar-refractivity contribution is 8.00. The summed E-state index contributed by atoms with van der Waals surface area (Å²) in [7, 11) is 0.121. The molecule has 0 fully saturated rings. The maximum atomic E-state index is 5.76. The van der Waals surface area contributed by atoms with E-state index in [1.54, 1.807) is 0 Å². The second kappa shape index (κ2) is 16.3. The molecule has 1 atom stereocenters. The van der Waals surface area contributed by atoms with Gasteiger partial charge in [-0.15, -0.1) is 11.8 Å². The molecule has 0 saturated carbocycles. The molecule has 0 radical (unpaired) electrons. The smallest absolute Gasteiger partial charge is 0.156 e. The van der Waals surface area contributed by atoms with E-state index in [1.807, 2.05) is 0 Å². The van der Waals surface area contributed by atoms with Gasteiger partial charge in [-0.1, -0.05) is 104 Å². The van der Waals surface area contributed by atoms with E-state index in [0.29, 0.717) is 18.8 Å². The van der Waals surface area contributed by atoms with Crippen LogP contribution in [0.1, 0.15) is 70.1 Å². The van der Waals surface area contributed by atoms with Crippen LogP contribution in [-0.4, -0.2) is 36.1 Å². The molecule has 37 heavy (non-hydrogen) atoms. The van der Waals surface area contributed by atoms with Crippen LogP contribution in [-0.2, 0) is 13.8 Å². The van der Waals surface area contributed by atoms with Gasteiger partial charge in [0.25, 0.3) is 0 Å². The first-order valence-corrected chi connectivity index (χ1v) is 15.4. The second-order valence-corrected chi connectivity index (χ2v) is 12.0. The molecule has 200 valence electrons. The monoisotopic (exact) mass is 537 g/mol. The lowest BCUT2D eigenvalue weighted by Gasteiger charge is -2.35. The van der Waals surface area contributed by atoms with Crippen molar-refractivity contribution >= 4 is 20.8 Å². The summed E-state index contributed by atoms with van der Waals surface area (Å²) >= 11 is 2.06. The van der Waals surface area contributed by atoms with Crippen molar-refractivity contribution in [1.29, 1.82) is 0 Å². The van der Waals surface area contributed by atoms with Gasteiger partial charge in [-0.05, 0) is 63.0 Å². The number of thioether (sulfide) groups is 1. The van der Waals surface area contributed by atoms with E-state index in [9.17, 15) is 0 Å². The summed E-state index contributed by atoms with van der Waals surface area (Å²) < 4.78 is 11.3. The van der Waals surface area contributed by atoms with Gasteiger partial charge in [0, 0.05) is 12.1 Å². The molecule has 1 unspecified atom stereocenters. The Balaban J connectivity index is 1.49. The van der Waals surface area contributed by atoms with E-state index in [4.69, 9.17) is 9.05 Å². The predicted molar refractivity (Wildman–Crippen MR) is 162 cm³/mol. The fourth-order valence-corrected chi connectivity index (χ4v) is 6.78. The molecule has 5 heteroatoms. The number of unbranched alkanes of at least 4 members (excludes halogenated alkanes) is 3. The van der Waals surface area contributed by atoms with Crippen LogP contribution in [0.15, 0.2) is 91.0 Å². The Kier molecular flexibility index (Phi) is 13.2. The van der Waals surface area contributed by atoms with Crippen molar-refractivity contribution in [3.8, 4) is 0 Å². The highest BCUT2D eigenvalue weighted by Crippen LogP contribution is 2.48. The van der Waals surface area contributed by atoms with Gasteiger partial charge in [0.2, 0.25) is 0 Å². The molecular weight excluding hydrogens is 493 g/mol. The number of hydrogen-bond acceptors (Lipinski definition) is 4. The third-order valence-electron chi connectivity index (χ3n) is 6.66. The first kappa shape index (κ1) is 29.9. The van der Waals surface area contributed by atoms with Crippen LogP contribution in [0.3, 0.4) is 0 Å². The first-order chi connectivity index (χ1) is 18.1. The standard InChI is InChI=1S/C32H44NO2PS/c1-27(2)33(28(3)4)26-35-36-34-24-16-5-6-17-25-37-32(29-18-10-7-11-19-29,30-20-12-8-13-21-30)31-22-14-9-15-23-31/h7-15,18-23,27-28,36H,5-6,16-17,24-26H2,1-4H3. The van der Waals surface area contributed by atoms with Gasteiger partial charge in [-0.25, -0.2) is 0 Å². The molecular formula is C32H44NO2PS.